The van der Waals surface area contributed by atoms with Crippen molar-refractivity contribution in [3.05, 3.63) is 60.0 Å². The Morgan fingerprint density at radius 3 is 2.96 bits per heavy atom. The van der Waals surface area contributed by atoms with E-state index in [-0.39, 0.29) is 23.8 Å². The van der Waals surface area contributed by atoms with Crippen molar-refractivity contribution < 1.29 is 14.1 Å². The normalized spacial score (nSPS) is 20.0. The van der Waals surface area contributed by atoms with Gasteiger partial charge in [0.1, 0.15) is 0 Å². The Morgan fingerprint density at radius 2 is 2.08 bits per heavy atom. The fourth-order valence-electron chi connectivity index (χ4n) is 3.25. The van der Waals surface area contributed by atoms with Gasteiger partial charge in [-0.25, -0.2) is 4.98 Å². The maximum Gasteiger partial charge on any atom is 0.290 e. The third-order valence-corrected chi connectivity index (χ3v) is 4.54. The summed E-state index contributed by atoms with van der Waals surface area (Å²) < 4.78 is 11.2. The SMILES string of the molecule is O=C(N[C@@H]1CCC[C@H]1OCc1ccccc1)c1onc2ncccc12. The Balaban J connectivity index is 1.41. The van der Waals surface area contributed by atoms with Crippen molar-refractivity contribution in [3.8, 4) is 0 Å². The lowest BCUT2D eigenvalue weighted by molar-refractivity contribution is 0.0268. The summed E-state index contributed by atoms with van der Waals surface area (Å²) in [6, 6.07) is 13.6. The molecule has 25 heavy (non-hydrogen) atoms. The monoisotopic (exact) mass is 337 g/mol. The number of carbonyl (C=O) groups is 1. The molecule has 0 spiro atoms. The van der Waals surface area contributed by atoms with Crippen LogP contribution >= 0.6 is 0 Å². The molecule has 0 unspecified atom stereocenters. The predicted molar refractivity (Wildman–Crippen MR) is 91.9 cm³/mol. The number of carbonyl (C=O) groups excluding carboxylic acids is 1. The molecule has 3 aromatic rings. The van der Waals surface area contributed by atoms with E-state index in [1.165, 1.54) is 0 Å². The van der Waals surface area contributed by atoms with E-state index in [9.17, 15) is 4.79 Å². The second kappa shape index (κ2) is 7.03. The van der Waals surface area contributed by atoms with Gasteiger partial charge in [0.15, 0.2) is 0 Å². The lowest BCUT2D eigenvalue weighted by Crippen LogP contribution is -2.41. The van der Waals surface area contributed by atoms with Gasteiger partial charge in [0.25, 0.3) is 5.91 Å². The van der Waals surface area contributed by atoms with Gasteiger partial charge in [-0.3, -0.25) is 4.79 Å². The number of nitrogens with one attached hydrogen (secondary N) is 1. The number of rotatable bonds is 5. The van der Waals surface area contributed by atoms with Crippen LogP contribution in [-0.4, -0.2) is 28.2 Å². The molecule has 1 N–H and O–H groups in total. The minimum atomic E-state index is -0.268. The summed E-state index contributed by atoms with van der Waals surface area (Å²) in [5.41, 5.74) is 1.57. The molecule has 6 heteroatoms. The highest BCUT2D eigenvalue weighted by Gasteiger charge is 2.31. The van der Waals surface area contributed by atoms with Crippen LogP contribution in [0.1, 0.15) is 35.4 Å². The first-order valence-corrected chi connectivity index (χ1v) is 8.48. The van der Waals surface area contributed by atoms with Gasteiger partial charge in [0.2, 0.25) is 11.4 Å². The van der Waals surface area contributed by atoms with E-state index in [2.05, 4.69) is 15.5 Å². The number of pyridine rings is 1. The molecule has 0 bridgehead atoms. The third kappa shape index (κ3) is 3.39. The standard InChI is InChI=1S/C19H19N3O3/c23-19(17-14-8-5-11-20-18(14)22-25-17)21-15-9-4-10-16(15)24-12-13-6-2-1-3-7-13/h1-3,5-8,11,15-16H,4,9-10,12H2,(H,21,23)/t15-,16-/m1/s1. The molecule has 6 nitrogen and oxygen atoms in total. The summed E-state index contributed by atoms with van der Waals surface area (Å²) >= 11 is 0. The van der Waals surface area contributed by atoms with Gasteiger partial charge < -0.3 is 14.6 Å². The number of hydrogen-bond donors (Lipinski definition) is 1. The van der Waals surface area contributed by atoms with Crippen molar-refractivity contribution in [3.63, 3.8) is 0 Å². The van der Waals surface area contributed by atoms with Crippen LogP contribution < -0.4 is 5.32 Å². The topological polar surface area (TPSA) is 77.2 Å². The van der Waals surface area contributed by atoms with Crippen molar-refractivity contribution in [2.45, 2.75) is 38.0 Å². The lowest BCUT2D eigenvalue weighted by atomic mass is 10.2. The van der Waals surface area contributed by atoms with Gasteiger partial charge >= 0.3 is 0 Å². The van der Waals surface area contributed by atoms with Crippen LogP contribution in [0.2, 0.25) is 0 Å². The van der Waals surface area contributed by atoms with Crippen molar-refractivity contribution >= 4 is 16.9 Å². The van der Waals surface area contributed by atoms with Crippen LogP contribution in [0.5, 0.6) is 0 Å². The predicted octanol–water partition coefficient (Wildman–Crippen LogP) is 3.09. The van der Waals surface area contributed by atoms with Crippen LogP contribution in [0.3, 0.4) is 0 Å². The second-order valence-corrected chi connectivity index (χ2v) is 6.23. The molecular formula is C19H19N3O3. The summed E-state index contributed by atoms with van der Waals surface area (Å²) in [4.78, 5) is 16.7. The second-order valence-electron chi connectivity index (χ2n) is 6.23. The minimum Gasteiger partial charge on any atom is -0.371 e. The van der Waals surface area contributed by atoms with E-state index in [0.29, 0.717) is 17.6 Å². The molecule has 1 fully saturated rings. The van der Waals surface area contributed by atoms with Crippen LogP contribution in [0.25, 0.3) is 11.0 Å². The van der Waals surface area contributed by atoms with Crippen molar-refractivity contribution in [2.24, 2.45) is 0 Å². The molecule has 1 saturated carbocycles. The third-order valence-electron chi connectivity index (χ3n) is 4.54. The molecule has 2 heterocycles. The minimum absolute atomic E-state index is 0.0106. The Labute approximate surface area is 145 Å². The maximum absolute atomic E-state index is 12.6. The molecule has 128 valence electrons. The molecule has 1 aromatic carbocycles. The first-order valence-electron chi connectivity index (χ1n) is 8.48. The molecule has 1 aliphatic rings. The zero-order valence-corrected chi connectivity index (χ0v) is 13.7. The zero-order chi connectivity index (χ0) is 17.1. The Morgan fingerprint density at radius 1 is 1.20 bits per heavy atom. The van der Waals surface area contributed by atoms with Gasteiger partial charge in [0, 0.05) is 6.20 Å². The molecule has 0 aliphatic heterocycles. The Bertz CT molecular complexity index is 862. The van der Waals surface area contributed by atoms with E-state index in [1.54, 1.807) is 18.3 Å². The van der Waals surface area contributed by atoms with Crippen molar-refractivity contribution in [1.29, 1.82) is 0 Å². The molecule has 4 rings (SSSR count). The fraction of sp³-hybridized carbons (Fsp3) is 0.316. The number of hydrogen-bond acceptors (Lipinski definition) is 5. The van der Waals surface area contributed by atoms with Crippen molar-refractivity contribution in [2.75, 3.05) is 0 Å². The molecule has 0 radical (unpaired) electrons. The van der Waals surface area contributed by atoms with Crippen molar-refractivity contribution in [1.82, 2.24) is 15.5 Å². The average molecular weight is 337 g/mol. The highest BCUT2D eigenvalue weighted by molar-refractivity contribution is 6.02. The van der Waals surface area contributed by atoms with E-state index >= 15 is 0 Å². The van der Waals surface area contributed by atoms with Crippen LogP contribution in [0.15, 0.2) is 53.2 Å². The molecular weight excluding hydrogens is 318 g/mol. The summed E-state index contributed by atoms with van der Waals surface area (Å²) in [5, 5.41) is 7.49. The number of amides is 1. The lowest BCUT2D eigenvalue weighted by Gasteiger charge is -2.21. The first-order chi connectivity index (χ1) is 12.3. The molecule has 2 aromatic heterocycles. The Kier molecular flexibility index (Phi) is 4.43. The Hall–Kier alpha value is -2.73. The first kappa shape index (κ1) is 15.8. The van der Waals surface area contributed by atoms with Gasteiger partial charge in [-0.15, -0.1) is 0 Å². The summed E-state index contributed by atoms with van der Waals surface area (Å²) in [5.74, 6) is -0.0625. The smallest absolute Gasteiger partial charge is 0.290 e. The zero-order valence-electron chi connectivity index (χ0n) is 13.7. The highest BCUT2D eigenvalue weighted by atomic mass is 16.5. The van der Waals surface area contributed by atoms with Crippen LogP contribution in [0.4, 0.5) is 0 Å². The van der Waals surface area contributed by atoms with Gasteiger partial charge in [-0.1, -0.05) is 35.5 Å². The van der Waals surface area contributed by atoms with Gasteiger partial charge in [-0.2, -0.15) is 0 Å². The van der Waals surface area contributed by atoms with E-state index in [4.69, 9.17) is 9.26 Å². The summed E-state index contributed by atoms with van der Waals surface area (Å²) in [7, 11) is 0. The average Bonchev–Trinajstić information content (AvgIpc) is 3.27. The van der Waals surface area contributed by atoms with Crippen LogP contribution in [-0.2, 0) is 11.3 Å². The van der Waals surface area contributed by atoms with E-state index in [1.807, 2.05) is 30.3 Å². The largest absolute Gasteiger partial charge is 0.371 e. The number of benzene rings is 1. The fourth-order valence-corrected chi connectivity index (χ4v) is 3.25. The molecule has 2 atom stereocenters. The molecule has 0 saturated heterocycles. The van der Waals surface area contributed by atoms with Gasteiger partial charge in [0.05, 0.1) is 24.1 Å². The van der Waals surface area contributed by atoms with E-state index < -0.39 is 0 Å². The number of fused-ring (bicyclic) bond motifs is 1. The summed E-state index contributed by atoms with van der Waals surface area (Å²) in [6.45, 7) is 0.549. The molecule has 1 aliphatic carbocycles. The molecule has 1 amide bonds. The number of nitrogens with zero attached hydrogens (tertiary/aromatic N) is 2. The summed E-state index contributed by atoms with van der Waals surface area (Å²) in [6.07, 6.45) is 4.50. The number of aromatic nitrogens is 2. The quantitative estimate of drug-likeness (QED) is 0.774. The highest BCUT2D eigenvalue weighted by Crippen LogP contribution is 2.24. The number of ether oxygens (including phenoxy) is 1. The van der Waals surface area contributed by atoms with E-state index in [0.717, 1.165) is 24.8 Å². The van der Waals surface area contributed by atoms with Crippen LogP contribution in [0, 0.1) is 0 Å². The van der Waals surface area contributed by atoms with Gasteiger partial charge in [-0.05, 0) is 37.0 Å². The maximum atomic E-state index is 12.6.